The van der Waals surface area contributed by atoms with Gasteiger partial charge in [-0.25, -0.2) is 4.98 Å². The van der Waals surface area contributed by atoms with Crippen LogP contribution in [0.1, 0.15) is 11.7 Å². The summed E-state index contributed by atoms with van der Waals surface area (Å²) in [6, 6.07) is 6.63. The number of hydrogen-bond donors (Lipinski definition) is 4. The van der Waals surface area contributed by atoms with E-state index in [1.807, 2.05) is 4.90 Å². The SMILES string of the molecule is OC[C@@H](O)c1cnc(N2CCN(C(O)Nc3ccc(OC(F)(F)F)cc3)CC2)c(Cl)c1. The van der Waals surface area contributed by atoms with Crippen molar-refractivity contribution >= 4 is 23.1 Å². The summed E-state index contributed by atoms with van der Waals surface area (Å²) in [5.41, 5.74) is 0.855. The largest absolute Gasteiger partial charge is 0.573 e. The zero-order valence-corrected chi connectivity index (χ0v) is 17.0. The first-order chi connectivity index (χ1) is 14.7. The van der Waals surface area contributed by atoms with E-state index in [1.165, 1.54) is 18.3 Å². The van der Waals surface area contributed by atoms with Gasteiger partial charge in [-0.2, -0.15) is 0 Å². The molecular weight excluding hydrogens is 441 g/mol. The van der Waals surface area contributed by atoms with E-state index in [2.05, 4.69) is 15.0 Å². The van der Waals surface area contributed by atoms with Crippen molar-refractivity contribution in [2.24, 2.45) is 0 Å². The average molecular weight is 463 g/mol. The Bertz CT molecular complexity index is 864. The highest BCUT2D eigenvalue weighted by atomic mass is 35.5. The number of nitrogens with one attached hydrogen (secondary N) is 1. The van der Waals surface area contributed by atoms with Gasteiger partial charge in [0.15, 0.2) is 6.35 Å². The molecule has 0 spiro atoms. The van der Waals surface area contributed by atoms with Crippen LogP contribution in [0.3, 0.4) is 0 Å². The number of aliphatic hydroxyl groups excluding tert-OH is 3. The highest BCUT2D eigenvalue weighted by Crippen LogP contribution is 2.28. The van der Waals surface area contributed by atoms with Crippen LogP contribution in [0.2, 0.25) is 5.02 Å². The fraction of sp³-hybridized carbons (Fsp3) is 0.421. The Morgan fingerprint density at radius 1 is 1.13 bits per heavy atom. The molecule has 0 saturated carbocycles. The van der Waals surface area contributed by atoms with Crippen molar-refractivity contribution in [1.82, 2.24) is 9.88 Å². The average Bonchev–Trinajstić information content (AvgIpc) is 2.73. The molecule has 0 amide bonds. The molecule has 0 aliphatic carbocycles. The first-order valence-electron chi connectivity index (χ1n) is 9.40. The highest BCUT2D eigenvalue weighted by Gasteiger charge is 2.31. The number of alkyl halides is 3. The normalized spacial score (nSPS) is 17.3. The maximum Gasteiger partial charge on any atom is 0.573 e. The summed E-state index contributed by atoms with van der Waals surface area (Å²) in [5.74, 6) is 0.195. The summed E-state index contributed by atoms with van der Waals surface area (Å²) in [5, 5.41) is 32.3. The molecule has 3 rings (SSSR count). The number of benzene rings is 1. The molecule has 0 radical (unpaired) electrons. The summed E-state index contributed by atoms with van der Waals surface area (Å²) in [6.07, 6.45) is -5.39. The van der Waals surface area contributed by atoms with E-state index in [0.717, 1.165) is 12.1 Å². The molecule has 2 atom stereocenters. The standard InChI is InChI=1S/C19H22ClF3N4O4/c20-15-9-12(16(29)11-28)10-24-17(15)26-5-7-27(8-6-26)18(30)25-13-1-3-14(4-2-13)31-19(21,22)23/h1-4,9-10,16,18,25,28-30H,5-8,11H2/t16-,18?/m1/s1. The number of aliphatic hydroxyl groups is 3. The van der Waals surface area contributed by atoms with Crippen LogP contribution >= 0.6 is 11.6 Å². The van der Waals surface area contributed by atoms with Gasteiger partial charge in [0.25, 0.3) is 0 Å². The first kappa shape index (κ1) is 23.4. The molecule has 1 aliphatic rings. The molecular formula is C19H22ClF3N4O4. The zero-order valence-electron chi connectivity index (χ0n) is 16.3. The fourth-order valence-corrected chi connectivity index (χ4v) is 3.43. The van der Waals surface area contributed by atoms with Gasteiger partial charge >= 0.3 is 6.36 Å². The summed E-state index contributed by atoms with van der Waals surface area (Å²) < 4.78 is 40.5. The van der Waals surface area contributed by atoms with Gasteiger partial charge in [0.1, 0.15) is 17.7 Å². The first-order valence-corrected chi connectivity index (χ1v) is 9.78. The van der Waals surface area contributed by atoms with E-state index < -0.39 is 25.4 Å². The monoisotopic (exact) mass is 462 g/mol. The second kappa shape index (κ2) is 9.88. The predicted molar refractivity (Wildman–Crippen MR) is 108 cm³/mol. The van der Waals surface area contributed by atoms with Crippen LogP contribution in [0.5, 0.6) is 5.75 Å². The lowest BCUT2D eigenvalue weighted by Gasteiger charge is -2.38. The summed E-state index contributed by atoms with van der Waals surface area (Å²) >= 11 is 6.27. The fourth-order valence-electron chi connectivity index (χ4n) is 3.14. The molecule has 2 aromatic rings. The van der Waals surface area contributed by atoms with Gasteiger partial charge in [-0.3, -0.25) is 4.90 Å². The number of rotatable bonds is 7. The van der Waals surface area contributed by atoms with Crippen LogP contribution in [0.15, 0.2) is 36.5 Å². The van der Waals surface area contributed by atoms with Gasteiger partial charge in [0.2, 0.25) is 0 Å². The smallest absolute Gasteiger partial charge is 0.406 e. The van der Waals surface area contributed by atoms with Crippen molar-refractivity contribution in [3.63, 3.8) is 0 Å². The lowest BCUT2D eigenvalue weighted by atomic mass is 10.1. The predicted octanol–water partition coefficient (Wildman–Crippen LogP) is 2.17. The minimum Gasteiger partial charge on any atom is -0.406 e. The van der Waals surface area contributed by atoms with E-state index in [0.29, 0.717) is 48.3 Å². The minimum atomic E-state index is -4.76. The third-order valence-electron chi connectivity index (χ3n) is 4.74. The van der Waals surface area contributed by atoms with Crippen molar-refractivity contribution in [3.8, 4) is 5.75 Å². The second-order valence-corrected chi connectivity index (χ2v) is 7.29. The van der Waals surface area contributed by atoms with Crippen molar-refractivity contribution in [2.45, 2.75) is 18.8 Å². The molecule has 31 heavy (non-hydrogen) atoms. The topological polar surface area (TPSA) is 101 Å². The molecule has 170 valence electrons. The zero-order chi connectivity index (χ0) is 22.6. The molecule has 0 bridgehead atoms. The third kappa shape index (κ3) is 6.34. The number of halogens is 4. The number of aromatic nitrogens is 1. The van der Waals surface area contributed by atoms with Crippen molar-refractivity contribution < 1.29 is 33.2 Å². The summed E-state index contributed by atoms with van der Waals surface area (Å²) in [6.45, 7) is 1.56. The number of anilines is 2. The van der Waals surface area contributed by atoms with Crippen LogP contribution in [-0.4, -0.2) is 70.7 Å². The van der Waals surface area contributed by atoms with Crippen LogP contribution in [-0.2, 0) is 0 Å². The van der Waals surface area contributed by atoms with Crippen LogP contribution in [0.4, 0.5) is 24.7 Å². The van der Waals surface area contributed by atoms with E-state index in [4.69, 9.17) is 16.7 Å². The second-order valence-electron chi connectivity index (χ2n) is 6.89. The van der Waals surface area contributed by atoms with E-state index in [1.54, 1.807) is 11.0 Å². The minimum absolute atomic E-state index is 0.344. The van der Waals surface area contributed by atoms with Gasteiger partial charge in [-0.05, 0) is 30.3 Å². The molecule has 12 heteroatoms. The number of ether oxygens (including phenoxy) is 1. The molecule has 1 unspecified atom stereocenters. The van der Waals surface area contributed by atoms with Gasteiger partial charge in [-0.1, -0.05) is 11.6 Å². The lowest BCUT2D eigenvalue weighted by molar-refractivity contribution is -0.274. The quantitative estimate of drug-likeness (QED) is 0.464. The molecule has 4 N–H and O–H groups in total. The molecule has 1 aliphatic heterocycles. The van der Waals surface area contributed by atoms with Gasteiger partial charge in [-0.15, -0.1) is 13.2 Å². The van der Waals surface area contributed by atoms with E-state index in [-0.39, 0.29) is 5.75 Å². The molecule has 1 aromatic heterocycles. The molecule has 8 nitrogen and oxygen atoms in total. The van der Waals surface area contributed by atoms with Crippen LogP contribution in [0.25, 0.3) is 0 Å². The van der Waals surface area contributed by atoms with E-state index in [9.17, 15) is 23.4 Å². The molecule has 2 heterocycles. The number of hydrogen-bond acceptors (Lipinski definition) is 8. The Kier molecular flexibility index (Phi) is 7.44. The number of pyridine rings is 1. The third-order valence-corrected chi connectivity index (χ3v) is 5.02. The highest BCUT2D eigenvalue weighted by molar-refractivity contribution is 6.33. The summed E-state index contributed by atoms with van der Waals surface area (Å²) in [7, 11) is 0. The van der Waals surface area contributed by atoms with Crippen LogP contribution < -0.4 is 15.0 Å². The Balaban J connectivity index is 1.53. The maximum absolute atomic E-state index is 12.2. The van der Waals surface area contributed by atoms with E-state index >= 15 is 0 Å². The van der Waals surface area contributed by atoms with Crippen molar-refractivity contribution in [1.29, 1.82) is 0 Å². The van der Waals surface area contributed by atoms with Gasteiger partial charge in [0.05, 0.1) is 11.6 Å². The molecule has 1 aromatic carbocycles. The Morgan fingerprint density at radius 2 is 1.77 bits per heavy atom. The number of piperazine rings is 1. The van der Waals surface area contributed by atoms with Crippen molar-refractivity contribution in [3.05, 3.63) is 47.1 Å². The maximum atomic E-state index is 12.2. The van der Waals surface area contributed by atoms with Gasteiger partial charge in [0, 0.05) is 43.6 Å². The number of nitrogens with zero attached hydrogens (tertiary/aromatic N) is 3. The Hall–Kier alpha value is -2.31. The summed E-state index contributed by atoms with van der Waals surface area (Å²) in [4.78, 5) is 7.97. The Labute approximate surface area is 181 Å². The lowest BCUT2D eigenvalue weighted by Crippen LogP contribution is -2.53. The Morgan fingerprint density at radius 3 is 2.32 bits per heavy atom. The van der Waals surface area contributed by atoms with Gasteiger partial charge < -0.3 is 30.3 Å². The van der Waals surface area contributed by atoms with Crippen molar-refractivity contribution in [2.75, 3.05) is 43.0 Å². The molecule has 1 fully saturated rings. The van der Waals surface area contributed by atoms with Crippen LogP contribution in [0, 0.1) is 0 Å². The molecule has 1 saturated heterocycles.